The first-order valence-corrected chi connectivity index (χ1v) is 9.16. The lowest BCUT2D eigenvalue weighted by Gasteiger charge is -2.13. The molecule has 2 aromatic rings. The second-order valence-electron chi connectivity index (χ2n) is 5.59. The van der Waals surface area contributed by atoms with Crippen molar-refractivity contribution in [3.05, 3.63) is 48.2 Å². The summed E-state index contributed by atoms with van der Waals surface area (Å²) in [6, 6.07) is 8.91. The number of benzene rings is 1. The number of fused-ring (bicyclic) bond motifs is 1. The molecule has 1 N–H and O–H groups in total. The normalized spacial score (nSPS) is 15.7. The van der Waals surface area contributed by atoms with Crippen LogP contribution in [0.4, 0.5) is 0 Å². The third kappa shape index (κ3) is 3.36. The average molecular weight is 316 g/mol. The number of sulfonamides is 1. The minimum absolute atomic E-state index is 0.253. The first-order valence-electron chi connectivity index (χ1n) is 7.68. The van der Waals surface area contributed by atoms with Crippen LogP contribution in [-0.4, -0.2) is 19.9 Å². The molecule has 1 aliphatic carbocycles. The number of nitrogens with zero attached hydrogens (tertiary/aromatic N) is 1. The predicted molar refractivity (Wildman–Crippen MR) is 88.1 cm³/mol. The largest absolute Gasteiger partial charge is 0.255 e. The van der Waals surface area contributed by atoms with Crippen molar-refractivity contribution in [1.82, 2.24) is 9.71 Å². The second-order valence-corrected chi connectivity index (χ2v) is 7.32. The molecule has 0 saturated carbocycles. The van der Waals surface area contributed by atoms with E-state index in [0.29, 0.717) is 12.1 Å². The minimum atomic E-state index is -3.53. The van der Waals surface area contributed by atoms with E-state index in [1.54, 1.807) is 18.3 Å². The first-order chi connectivity index (χ1) is 10.7. The van der Waals surface area contributed by atoms with Gasteiger partial charge in [0.05, 0.1) is 5.52 Å². The Morgan fingerprint density at radius 3 is 2.82 bits per heavy atom. The maximum atomic E-state index is 12.5. The fraction of sp³-hybridized carbons (Fsp3) is 0.353. The quantitative estimate of drug-likeness (QED) is 0.860. The number of allylic oxidation sites excluding steroid dienone is 1. The summed E-state index contributed by atoms with van der Waals surface area (Å²) in [7, 11) is -3.53. The summed E-state index contributed by atoms with van der Waals surface area (Å²) >= 11 is 0. The van der Waals surface area contributed by atoms with Crippen LogP contribution in [0.5, 0.6) is 0 Å². The molecule has 0 atom stereocenters. The van der Waals surface area contributed by atoms with E-state index in [2.05, 4.69) is 15.8 Å². The Morgan fingerprint density at radius 2 is 2.00 bits per heavy atom. The lowest BCUT2D eigenvalue weighted by molar-refractivity contribution is 0.580. The lowest BCUT2D eigenvalue weighted by atomic mass is 9.97. The van der Waals surface area contributed by atoms with Crippen LogP contribution in [0.1, 0.15) is 32.1 Å². The van der Waals surface area contributed by atoms with Crippen LogP contribution in [0.3, 0.4) is 0 Å². The van der Waals surface area contributed by atoms with Crippen molar-refractivity contribution in [3.8, 4) is 0 Å². The van der Waals surface area contributed by atoms with E-state index in [-0.39, 0.29) is 4.90 Å². The Labute approximate surface area is 131 Å². The molecule has 0 unspecified atom stereocenters. The van der Waals surface area contributed by atoms with E-state index in [1.165, 1.54) is 18.4 Å². The van der Waals surface area contributed by atoms with E-state index in [9.17, 15) is 8.42 Å². The molecule has 1 aromatic heterocycles. The number of hydrogen-bond donors (Lipinski definition) is 1. The third-order valence-electron chi connectivity index (χ3n) is 4.01. The fourth-order valence-electron chi connectivity index (χ4n) is 2.85. The maximum Gasteiger partial charge on any atom is 0.242 e. The van der Waals surface area contributed by atoms with Gasteiger partial charge < -0.3 is 0 Å². The van der Waals surface area contributed by atoms with Gasteiger partial charge in [-0.1, -0.05) is 29.8 Å². The van der Waals surface area contributed by atoms with E-state index in [4.69, 9.17) is 0 Å². The van der Waals surface area contributed by atoms with Gasteiger partial charge in [0.1, 0.15) is 4.90 Å². The Hall–Kier alpha value is -1.72. The zero-order valence-corrected chi connectivity index (χ0v) is 13.3. The van der Waals surface area contributed by atoms with Gasteiger partial charge >= 0.3 is 0 Å². The van der Waals surface area contributed by atoms with Crippen molar-refractivity contribution in [2.75, 3.05) is 6.54 Å². The summed E-state index contributed by atoms with van der Waals surface area (Å²) in [6.45, 7) is 0.442. The summed E-state index contributed by atoms with van der Waals surface area (Å²) in [6.07, 6.45) is 9.33. The van der Waals surface area contributed by atoms with Crippen molar-refractivity contribution in [1.29, 1.82) is 0 Å². The highest BCUT2D eigenvalue weighted by molar-refractivity contribution is 7.89. The van der Waals surface area contributed by atoms with E-state index in [1.807, 2.05) is 18.2 Å². The van der Waals surface area contributed by atoms with Gasteiger partial charge in [0.25, 0.3) is 0 Å². The highest BCUT2D eigenvalue weighted by atomic mass is 32.2. The minimum Gasteiger partial charge on any atom is -0.255 e. The number of nitrogens with one attached hydrogen (secondary N) is 1. The molecule has 0 aliphatic heterocycles. The SMILES string of the molecule is O=S(=O)(NCCC1=CCCCC1)c1cccc2cccnc12. The Morgan fingerprint density at radius 1 is 1.14 bits per heavy atom. The van der Waals surface area contributed by atoms with E-state index >= 15 is 0 Å². The topological polar surface area (TPSA) is 59.1 Å². The van der Waals surface area contributed by atoms with Crippen LogP contribution in [0, 0.1) is 0 Å². The number of aromatic nitrogens is 1. The van der Waals surface area contributed by atoms with Crippen LogP contribution in [0.2, 0.25) is 0 Å². The summed E-state index contributed by atoms with van der Waals surface area (Å²) < 4.78 is 27.7. The molecule has 1 aliphatic rings. The summed E-state index contributed by atoms with van der Waals surface area (Å²) in [4.78, 5) is 4.47. The zero-order chi connectivity index (χ0) is 15.4. The molecule has 4 nitrogen and oxygen atoms in total. The Balaban J connectivity index is 1.75. The van der Waals surface area contributed by atoms with Crippen LogP contribution in [0.15, 0.2) is 53.1 Å². The van der Waals surface area contributed by atoms with Crippen molar-refractivity contribution >= 4 is 20.9 Å². The van der Waals surface area contributed by atoms with Crippen LogP contribution >= 0.6 is 0 Å². The predicted octanol–water partition coefficient (Wildman–Crippen LogP) is 3.40. The number of hydrogen-bond acceptors (Lipinski definition) is 3. The standard InChI is InChI=1S/C17H20N2O2S/c20-22(21,19-13-11-14-6-2-1-3-7-14)16-10-4-8-15-9-5-12-18-17(15)16/h4-6,8-10,12,19H,1-3,7,11,13H2. The van der Waals surface area contributed by atoms with Gasteiger partial charge in [-0.2, -0.15) is 0 Å². The van der Waals surface area contributed by atoms with Crippen molar-refractivity contribution in [3.63, 3.8) is 0 Å². The smallest absolute Gasteiger partial charge is 0.242 e. The number of pyridine rings is 1. The summed E-state index contributed by atoms with van der Waals surface area (Å²) in [5.41, 5.74) is 1.89. The first kappa shape index (κ1) is 15.2. The zero-order valence-electron chi connectivity index (χ0n) is 12.5. The van der Waals surface area contributed by atoms with Gasteiger partial charge in [-0.15, -0.1) is 0 Å². The molecule has 5 heteroatoms. The highest BCUT2D eigenvalue weighted by Crippen LogP contribution is 2.22. The van der Waals surface area contributed by atoms with Gasteiger partial charge in [-0.25, -0.2) is 13.1 Å². The molecule has 3 rings (SSSR count). The molecule has 1 heterocycles. The monoisotopic (exact) mass is 316 g/mol. The molecule has 0 amide bonds. The van der Waals surface area contributed by atoms with E-state index < -0.39 is 10.0 Å². The molecule has 0 saturated heterocycles. The summed E-state index contributed by atoms with van der Waals surface area (Å²) in [5.74, 6) is 0. The molecule has 22 heavy (non-hydrogen) atoms. The molecular weight excluding hydrogens is 296 g/mol. The molecule has 1 aromatic carbocycles. The fourth-order valence-corrected chi connectivity index (χ4v) is 4.06. The lowest BCUT2D eigenvalue weighted by Crippen LogP contribution is -2.25. The van der Waals surface area contributed by atoms with Crippen LogP contribution in [0.25, 0.3) is 10.9 Å². The maximum absolute atomic E-state index is 12.5. The van der Waals surface area contributed by atoms with Crippen LogP contribution < -0.4 is 4.72 Å². The van der Waals surface area contributed by atoms with Gasteiger partial charge in [-0.05, 0) is 44.2 Å². The third-order valence-corrected chi connectivity index (χ3v) is 5.50. The molecule has 0 bridgehead atoms. The number of rotatable bonds is 5. The highest BCUT2D eigenvalue weighted by Gasteiger charge is 2.17. The molecule has 0 radical (unpaired) electrons. The van der Waals surface area contributed by atoms with Gasteiger partial charge in [0.15, 0.2) is 0 Å². The van der Waals surface area contributed by atoms with Gasteiger partial charge in [0, 0.05) is 18.1 Å². The Kier molecular flexibility index (Phi) is 4.55. The number of para-hydroxylation sites is 1. The molecular formula is C17H20N2O2S. The van der Waals surface area contributed by atoms with Crippen molar-refractivity contribution < 1.29 is 8.42 Å². The second kappa shape index (κ2) is 6.58. The average Bonchev–Trinajstić information content (AvgIpc) is 2.55. The van der Waals surface area contributed by atoms with Crippen LogP contribution in [-0.2, 0) is 10.0 Å². The Bertz CT molecular complexity index is 792. The van der Waals surface area contributed by atoms with Gasteiger partial charge in [-0.3, -0.25) is 4.98 Å². The van der Waals surface area contributed by atoms with Crippen molar-refractivity contribution in [2.24, 2.45) is 0 Å². The molecule has 0 fully saturated rings. The summed E-state index contributed by atoms with van der Waals surface area (Å²) in [5, 5.41) is 0.834. The van der Waals surface area contributed by atoms with E-state index in [0.717, 1.165) is 24.6 Å². The molecule has 116 valence electrons. The molecule has 0 spiro atoms. The van der Waals surface area contributed by atoms with Gasteiger partial charge in [0.2, 0.25) is 10.0 Å². The van der Waals surface area contributed by atoms with Crippen molar-refractivity contribution in [2.45, 2.75) is 37.0 Å².